The van der Waals surface area contributed by atoms with E-state index in [2.05, 4.69) is 5.32 Å². The van der Waals surface area contributed by atoms with Crippen molar-refractivity contribution in [2.75, 3.05) is 11.9 Å². The zero-order valence-electron chi connectivity index (χ0n) is 13.9. The second kappa shape index (κ2) is 6.73. The molecule has 0 aliphatic heterocycles. The molecule has 0 heterocycles. The molecule has 4 nitrogen and oxygen atoms in total. The number of hydrogen-bond acceptors (Lipinski definition) is 3. The van der Waals surface area contributed by atoms with E-state index in [1.165, 1.54) is 19.3 Å². The van der Waals surface area contributed by atoms with E-state index < -0.39 is 0 Å². The quantitative estimate of drug-likeness (QED) is 0.845. The Hall–Kier alpha value is -1.84. The number of nitrogens with one attached hydrogen (secondary N) is 1. The van der Waals surface area contributed by atoms with Gasteiger partial charge in [0.2, 0.25) is 0 Å². The van der Waals surface area contributed by atoms with Crippen molar-refractivity contribution in [1.82, 2.24) is 0 Å². The minimum absolute atomic E-state index is 0.201. The Labute approximate surface area is 137 Å². The summed E-state index contributed by atoms with van der Waals surface area (Å²) in [5.41, 5.74) is 2.86. The fourth-order valence-corrected chi connectivity index (χ4v) is 4.10. The number of hydrogen-bond donors (Lipinski definition) is 1. The van der Waals surface area contributed by atoms with Crippen LogP contribution in [-0.4, -0.2) is 18.5 Å². The van der Waals surface area contributed by atoms with Crippen molar-refractivity contribution < 1.29 is 14.3 Å². The first kappa shape index (κ1) is 16.0. The van der Waals surface area contributed by atoms with Gasteiger partial charge in [0.05, 0.1) is 0 Å². The zero-order chi connectivity index (χ0) is 16.4. The third-order valence-corrected chi connectivity index (χ3v) is 5.34. The zero-order valence-corrected chi connectivity index (χ0v) is 13.9. The Balaban J connectivity index is 1.43. The Morgan fingerprint density at radius 1 is 1.22 bits per heavy atom. The van der Waals surface area contributed by atoms with E-state index in [1.54, 1.807) is 0 Å². The van der Waals surface area contributed by atoms with Crippen molar-refractivity contribution >= 4 is 17.6 Å². The number of amides is 1. The third-order valence-electron chi connectivity index (χ3n) is 5.34. The monoisotopic (exact) mass is 315 g/mol. The first-order valence-electron chi connectivity index (χ1n) is 8.54. The van der Waals surface area contributed by atoms with Gasteiger partial charge in [-0.25, -0.2) is 0 Å². The van der Waals surface area contributed by atoms with E-state index in [0.717, 1.165) is 29.2 Å². The fourth-order valence-electron chi connectivity index (χ4n) is 4.10. The summed E-state index contributed by atoms with van der Waals surface area (Å²) in [5.74, 6) is 1.49. The second-order valence-electron chi connectivity index (χ2n) is 7.17. The standard InChI is InChI=1S/C19H25NO3/c1-12-3-4-13(2)17(7-12)20-18(21)11-23-19(22)10-16-9-14-5-6-15(16)8-14/h3-4,7,14-16H,5-6,8-11H2,1-2H3,(H,20,21)/t14-,15+,16-/m1/s1. The lowest BCUT2D eigenvalue weighted by Crippen LogP contribution is -2.23. The Kier molecular flexibility index (Phi) is 4.69. The van der Waals surface area contributed by atoms with Crippen LogP contribution in [0.15, 0.2) is 18.2 Å². The highest BCUT2D eigenvalue weighted by molar-refractivity contribution is 5.93. The van der Waals surface area contributed by atoms with Crippen LogP contribution in [0.1, 0.15) is 43.2 Å². The number of fused-ring (bicyclic) bond motifs is 2. The number of carbonyl (C=O) groups is 2. The van der Waals surface area contributed by atoms with Crippen molar-refractivity contribution in [2.45, 2.75) is 46.0 Å². The fraction of sp³-hybridized carbons (Fsp3) is 0.579. The number of aryl methyl sites for hydroxylation is 2. The molecule has 0 saturated heterocycles. The molecule has 2 aliphatic carbocycles. The van der Waals surface area contributed by atoms with Gasteiger partial charge < -0.3 is 10.1 Å². The SMILES string of the molecule is Cc1ccc(C)c(NC(=O)COC(=O)C[C@H]2C[C@@H]3CC[C@H]2C3)c1. The number of benzene rings is 1. The van der Waals surface area contributed by atoms with Gasteiger partial charge in [-0.05, 0) is 68.1 Å². The molecule has 23 heavy (non-hydrogen) atoms. The van der Waals surface area contributed by atoms with Crippen LogP contribution in [0.5, 0.6) is 0 Å². The van der Waals surface area contributed by atoms with Gasteiger partial charge in [-0.2, -0.15) is 0 Å². The van der Waals surface area contributed by atoms with Crippen molar-refractivity contribution in [3.8, 4) is 0 Å². The molecule has 2 saturated carbocycles. The molecule has 3 atom stereocenters. The van der Waals surface area contributed by atoms with Gasteiger partial charge in [-0.15, -0.1) is 0 Å². The van der Waals surface area contributed by atoms with E-state index in [0.29, 0.717) is 18.3 Å². The highest BCUT2D eigenvalue weighted by Crippen LogP contribution is 2.49. The largest absolute Gasteiger partial charge is 0.456 e. The molecule has 1 amide bonds. The number of ether oxygens (including phenoxy) is 1. The summed E-state index contributed by atoms with van der Waals surface area (Å²) in [7, 11) is 0. The number of anilines is 1. The maximum atomic E-state index is 12.0. The van der Waals surface area contributed by atoms with E-state index in [4.69, 9.17) is 4.74 Å². The van der Waals surface area contributed by atoms with Gasteiger partial charge in [0.1, 0.15) is 0 Å². The number of rotatable bonds is 5. The van der Waals surface area contributed by atoms with Crippen molar-refractivity contribution in [3.05, 3.63) is 29.3 Å². The summed E-state index contributed by atoms with van der Waals surface area (Å²) >= 11 is 0. The summed E-state index contributed by atoms with van der Waals surface area (Å²) in [6.07, 6.45) is 5.50. The van der Waals surface area contributed by atoms with Gasteiger partial charge in [0.25, 0.3) is 5.91 Å². The molecule has 2 bridgehead atoms. The van der Waals surface area contributed by atoms with Crippen molar-refractivity contribution in [3.63, 3.8) is 0 Å². The van der Waals surface area contributed by atoms with Crippen LogP contribution in [0, 0.1) is 31.6 Å². The molecule has 0 spiro atoms. The van der Waals surface area contributed by atoms with Gasteiger partial charge in [-0.3, -0.25) is 9.59 Å². The van der Waals surface area contributed by atoms with Crippen LogP contribution in [0.4, 0.5) is 5.69 Å². The molecule has 1 aromatic carbocycles. The minimum Gasteiger partial charge on any atom is -0.456 e. The van der Waals surface area contributed by atoms with Crippen LogP contribution in [0.3, 0.4) is 0 Å². The van der Waals surface area contributed by atoms with Gasteiger partial charge in [0, 0.05) is 12.1 Å². The third kappa shape index (κ3) is 3.92. The number of carbonyl (C=O) groups excluding carboxylic acids is 2. The molecule has 1 aromatic rings. The molecule has 0 aromatic heterocycles. The molecular formula is C19H25NO3. The van der Waals surface area contributed by atoms with E-state index >= 15 is 0 Å². The lowest BCUT2D eigenvalue weighted by Gasteiger charge is -2.20. The molecule has 4 heteroatoms. The van der Waals surface area contributed by atoms with Crippen LogP contribution < -0.4 is 5.32 Å². The number of esters is 1. The molecule has 0 radical (unpaired) electrons. The predicted octanol–water partition coefficient (Wildman–Crippen LogP) is 3.61. The molecule has 2 fully saturated rings. The maximum Gasteiger partial charge on any atom is 0.306 e. The lowest BCUT2D eigenvalue weighted by molar-refractivity contribution is -0.148. The first-order chi connectivity index (χ1) is 11.0. The normalized spacial score (nSPS) is 25.4. The second-order valence-corrected chi connectivity index (χ2v) is 7.17. The molecule has 0 unspecified atom stereocenters. The predicted molar refractivity (Wildman–Crippen MR) is 89.1 cm³/mol. The summed E-state index contributed by atoms with van der Waals surface area (Å²) in [5, 5.41) is 2.81. The van der Waals surface area contributed by atoms with Gasteiger partial charge in [-0.1, -0.05) is 18.6 Å². The summed E-state index contributed by atoms with van der Waals surface area (Å²) in [6, 6.07) is 5.89. The average molecular weight is 315 g/mol. The summed E-state index contributed by atoms with van der Waals surface area (Å²) < 4.78 is 5.16. The highest BCUT2D eigenvalue weighted by Gasteiger charge is 2.40. The minimum atomic E-state index is -0.278. The van der Waals surface area contributed by atoms with Crippen molar-refractivity contribution in [2.24, 2.45) is 17.8 Å². The van der Waals surface area contributed by atoms with E-state index in [-0.39, 0.29) is 18.5 Å². The van der Waals surface area contributed by atoms with E-state index in [9.17, 15) is 9.59 Å². The highest BCUT2D eigenvalue weighted by atomic mass is 16.5. The van der Waals surface area contributed by atoms with Crippen LogP contribution in [0.2, 0.25) is 0 Å². The van der Waals surface area contributed by atoms with Crippen LogP contribution in [0.25, 0.3) is 0 Å². The summed E-state index contributed by atoms with van der Waals surface area (Å²) in [6.45, 7) is 3.72. The molecule has 2 aliphatic rings. The maximum absolute atomic E-state index is 12.0. The molecular weight excluding hydrogens is 290 g/mol. The topological polar surface area (TPSA) is 55.4 Å². The lowest BCUT2D eigenvalue weighted by atomic mass is 9.86. The van der Waals surface area contributed by atoms with Gasteiger partial charge >= 0.3 is 5.97 Å². The Bertz CT molecular complexity index is 611. The summed E-state index contributed by atoms with van der Waals surface area (Å²) in [4.78, 5) is 23.9. The van der Waals surface area contributed by atoms with Crippen LogP contribution >= 0.6 is 0 Å². The molecule has 1 N–H and O–H groups in total. The smallest absolute Gasteiger partial charge is 0.306 e. The average Bonchev–Trinajstić information content (AvgIpc) is 3.11. The Morgan fingerprint density at radius 2 is 2.04 bits per heavy atom. The van der Waals surface area contributed by atoms with Crippen LogP contribution in [-0.2, 0) is 14.3 Å². The molecule has 124 valence electrons. The first-order valence-corrected chi connectivity index (χ1v) is 8.54. The van der Waals surface area contributed by atoms with Crippen molar-refractivity contribution in [1.29, 1.82) is 0 Å². The van der Waals surface area contributed by atoms with Gasteiger partial charge in [0.15, 0.2) is 6.61 Å². The Morgan fingerprint density at radius 3 is 2.74 bits per heavy atom. The van der Waals surface area contributed by atoms with E-state index in [1.807, 2.05) is 32.0 Å². The molecule has 3 rings (SSSR count).